The molecule has 4 amide bonds. The number of H-pyrrole nitrogens is 2. The van der Waals surface area contributed by atoms with Crippen molar-refractivity contribution in [3.63, 3.8) is 0 Å². The molecule has 0 unspecified atom stereocenters. The zero-order valence-corrected chi connectivity index (χ0v) is 30.9. The third kappa shape index (κ3) is 6.16. The summed E-state index contributed by atoms with van der Waals surface area (Å²) in [6.07, 6.45) is 1.73. The average molecular weight is 747 g/mol. The number of rotatable bonds is 9. The molecule has 2 saturated heterocycles. The van der Waals surface area contributed by atoms with Crippen molar-refractivity contribution < 1.29 is 33.8 Å². The van der Waals surface area contributed by atoms with Gasteiger partial charge in [-0.3, -0.25) is 14.5 Å². The van der Waals surface area contributed by atoms with Crippen molar-refractivity contribution in [2.75, 3.05) is 14.2 Å². The molecule has 2 aliphatic carbocycles. The minimum Gasteiger partial charge on any atom is -0.465 e. The van der Waals surface area contributed by atoms with E-state index in [2.05, 4.69) is 20.0 Å². The molecular formula is C40H42N8O7. The van der Waals surface area contributed by atoms with E-state index in [1.54, 1.807) is 13.8 Å². The fourth-order valence-corrected chi connectivity index (χ4v) is 8.57. The van der Waals surface area contributed by atoms with Crippen molar-refractivity contribution in [3.8, 4) is 22.6 Å². The van der Waals surface area contributed by atoms with Gasteiger partial charge in [-0.2, -0.15) is 0 Å². The number of aromatic nitrogens is 4. The van der Waals surface area contributed by atoms with Crippen molar-refractivity contribution >= 4 is 46.1 Å². The Morgan fingerprint density at radius 2 is 1.38 bits per heavy atom. The van der Waals surface area contributed by atoms with Gasteiger partial charge in [-0.25, -0.2) is 19.6 Å². The highest BCUT2D eigenvalue weighted by Gasteiger charge is 2.57. The number of carbonyl (C=O) groups excluding carboxylic acids is 3. The maximum atomic E-state index is 13.5. The minimum absolute atomic E-state index is 0.121. The third-order valence-electron chi connectivity index (χ3n) is 11.9. The molecule has 15 nitrogen and oxygen atoms in total. The number of amides is 4. The highest BCUT2D eigenvalue weighted by molar-refractivity contribution is 5.88. The highest BCUT2D eigenvalue weighted by Crippen LogP contribution is 2.54. The molecule has 0 bridgehead atoms. The first-order chi connectivity index (χ1) is 26.5. The molecule has 0 radical (unpaired) electrons. The SMILES string of the molecule is COC(=O)N[C@@H](C)C(=O)N1[C@@H]2C[C@@H]2C[C@H]1c1nc2cc(Oc3cccc(-c4ccc5[nH]c([C@@H]6C[C@H]7C[C@H]7N6C(=O)[C@H](C)N(C)C(=O)O)nc5c4)c3)ccc2[nH]1. The minimum atomic E-state index is -1.14. The Bertz CT molecular complexity index is 2370. The number of fused-ring (bicyclic) bond motifs is 4. The molecule has 2 aromatic heterocycles. The van der Waals surface area contributed by atoms with Crippen LogP contribution in [0.1, 0.15) is 63.3 Å². The summed E-state index contributed by atoms with van der Waals surface area (Å²) in [5.41, 5.74) is 5.08. The second-order valence-corrected chi connectivity index (χ2v) is 15.3. The van der Waals surface area contributed by atoms with Crippen molar-refractivity contribution in [3.05, 3.63) is 72.3 Å². The van der Waals surface area contributed by atoms with Crippen LogP contribution in [0, 0.1) is 11.8 Å². The van der Waals surface area contributed by atoms with Gasteiger partial charge < -0.3 is 39.7 Å². The number of imidazole rings is 2. The lowest BCUT2D eigenvalue weighted by atomic mass is 10.0. The number of hydrogen-bond acceptors (Lipinski definition) is 8. The zero-order chi connectivity index (χ0) is 38.3. The van der Waals surface area contributed by atoms with Crippen LogP contribution in [-0.4, -0.2) is 102 Å². The van der Waals surface area contributed by atoms with E-state index in [9.17, 15) is 24.3 Å². The molecule has 55 heavy (non-hydrogen) atoms. The van der Waals surface area contributed by atoms with Crippen LogP contribution < -0.4 is 10.1 Å². The molecule has 9 rings (SSSR count). The molecule has 4 aliphatic rings. The number of nitrogens with zero attached hydrogens (tertiary/aromatic N) is 5. The van der Waals surface area contributed by atoms with Gasteiger partial charge in [0.05, 0.1) is 41.3 Å². The number of methoxy groups -OCH3 is 1. The third-order valence-corrected chi connectivity index (χ3v) is 11.9. The molecule has 15 heteroatoms. The second kappa shape index (κ2) is 13.0. The second-order valence-electron chi connectivity index (χ2n) is 15.3. The van der Waals surface area contributed by atoms with E-state index >= 15 is 0 Å². The van der Waals surface area contributed by atoms with Crippen LogP contribution in [0.4, 0.5) is 9.59 Å². The predicted octanol–water partition coefficient (Wildman–Crippen LogP) is 5.97. The largest absolute Gasteiger partial charge is 0.465 e. The van der Waals surface area contributed by atoms with Crippen LogP contribution in [0.3, 0.4) is 0 Å². The van der Waals surface area contributed by atoms with Gasteiger partial charge in [0.1, 0.15) is 35.2 Å². The summed E-state index contributed by atoms with van der Waals surface area (Å²) in [5, 5.41) is 12.0. The van der Waals surface area contributed by atoms with E-state index < -0.39 is 24.3 Å². The van der Waals surface area contributed by atoms with Gasteiger partial charge in [0, 0.05) is 25.2 Å². The molecule has 2 aliphatic heterocycles. The number of ether oxygens (including phenoxy) is 2. The summed E-state index contributed by atoms with van der Waals surface area (Å²) < 4.78 is 11.0. The molecule has 4 heterocycles. The van der Waals surface area contributed by atoms with E-state index in [4.69, 9.17) is 14.7 Å². The summed E-state index contributed by atoms with van der Waals surface area (Å²) in [7, 11) is 2.70. The topological polar surface area (TPSA) is 186 Å². The van der Waals surface area contributed by atoms with E-state index in [-0.39, 0.29) is 36.0 Å². The van der Waals surface area contributed by atoms with Crippen LogP contribution >= 0.6 is 0 Å². The molecule has 284 valence electrons. The number of likely N-dealkylation sites (N-methyl/N-ethyl adjacent to an activating group) is 1. The van der Waals surface area contributed by atoms with Crippen LogP contribution in [0.2, 0.25) is 0 Å². The molecule has 5 aromatic rings. The van der Waals surface area contributed by atoms with Gasteiger partial charge in [0.2, 0.25) is 11.8 Å². The number of carbonyl (C=O) groups is 4. The lowest BCUT2D eigenvalue weighted by molar-refractivity contribution is -0.137. The normalized spacial score (nSPS) is 24.6. The number of likely N-dealkylation sites (tertiary alicyclic amines) is 2. The highest BCUT2D eigenvalue weighted by atomic mass is 16.5. The number of benzene rings is 3. The van der Waals surface area contributed by atoms with E-state index in [1.807, 2.05) is 70.5 Å². The Balaban J connectivity index is 0.910. The van der Waals surface area contributed by atoms with Gasteiger partial charge in [0.15, 0.2) is 0 Å². The molecule has 8 atom stereocenters. The fraction of sp³-hybridized carbons (Fsp3) is 0.400. The van der Waals surface area contributed by atoms with Gasteiger partial charge in [-0.15, -0.1) is 0 Å². The van der Waals surface area contributed by atoms with Crippen LogP contribution in [0.25, 0.3) is 33.2 Å². The van der Waals surface area contributed by atoms with Crippen molar-refractivity contribution in [2.24, 2.45) is 11.8 Å². The summed E-state index contributed by atoms with van der Waals surface area (Å²) in [4.78, 5) is 71.6. The van der Waals surface area contributed by atoms with E-state index in [0.717, 1.165) is 63.8 Å². The van der Waals surface area contributed by atoms with Crippen molar-refractivity contribution in [1.29, 1.82) is 0 Å². The number of alkyl carbamates (subject to hydrolysis) is 1. The number of aromatic amines is 2. The standard InChI is InChI=1S/C40H42N8O7/c1-19(41-39(51)54-4)37(49)47-31-14-23(31)16-33(47)35-43-28-11-9-26(18-30(28)45-35)55-25-7-5-6-21(12-25)22-8-10-27-29(13-22)44-36(42-27)34-17-24-15-32(24)48(34)38(50)20(2)46(3)40(52)53/h5-13,18-20,23-24,31-34H,14-17H2,1-4H3,(H,41,51)(H,42,44)(H,43,45)(H,52,53)/t19-,20-,23+,24+,31+,32+,33-,34-/m0/s1. The van der Waals surface area contributed by atoms with Crippen LogP contribution in [0.15, 0.2) is 60.7 Å². The molecule has 3 aromatic carbocycles. The maximum Gasteiger partial charge on any atom is 0.407 e. The quantitative estimate of drug-likeness (QED) is 0.141. The van der Waals surface area contributed by atoms with Crippen molar-refractivity contribution in [2.45, 2.75) is 75.8 Å². The Morgan fingerprint density at radius 3 is 2.02 bits per heavy atom. The molecule has 2 saturated carbocycles. The summed E-state index contributed by atoms with van der Waals surface area (Å²) >= 11 is 0. The summed E-state index contributed by atoms with van der Waals surface area (Å²) in [6, 6.07) is 17.8. The van der Waals surface area contributed by atoms with Gasteiger partial charge in [0.25, 0.3) is 0 Å². The molecular weight excluding hydrogens is 704 g/mol. The van der Waals surface area contributed by atoms with Gasteiger partial charge >= 0.3 is 12.2 Å². The van der Waals surface area contributed by atoms with E-state index in [1.165, 1.54) is 14.2 Å². The average Bonchev–Trinajstić information content (AvgIpc) is 3.85. The summed E-state index contributed by atoms with van der Waals surface area (Å²) in [6.45, 7) is 3.30. The number of hydrogen-bond donors (Lipinski definition) is 4. The first-order valence-corrected chi connectivity index (χ1v) is 18.7. The Hall–Kier alpha value is -6.12. The first-order valence-electron chi connectivity index (χ1n) is 18.7. The van der Waals surface area contributed by atoms with Crippen molar-refractivity contribution in [1.82, 2.24) is 40.0 Å². The predicted molar refractivity (Wildman–Crippen MR) is 200 cm³/mol. The molecule has 4 fully saturated rings. The Labute approximate surface area is 316 Å². The lowest BCUT2D eigenvalue weighted by Crippen LogP contribution is -2.48. The molecule has 4 N–H and O–H groups in total. The summed E-state index contributed by atoms with van der Waals surface area (Å²) in [5.74, 6) is 3.16. The number of piperidine rings is 2. The van der Waals surface area contributed by atoms with Gasteiger partial charge in [-0.05, 0) is 98.9 Å². The zero-order valence-electron chi connectivity index (χ0n) is 30.9. The smallest absolute Gasteiger partial charge is 0.407 e. The maximum absolute atomic E-state index is 13.5. The van der Waals surface area contributed by atoms with E-state index in [0.29, 0.717) is 35.0 Å². The number of nitrogens with one attached hydrogen (secondary N) is 3. The van der Waals surface area contributed by atoms with Gasteiger partial charge in [-0.1, -0.05) is 18.2 Å². The number of carboxylic acid groups (broad SMARTS) is 1. The lowest BCUT2D eigenvalue weighted by Gasteiger charge is -2.31. The first kappa shape index (κ1) is 34.6. The van der Waals surface area contributed by atoms with Crippen LogP contribution in [-0.2, 0) is 14.3 Å². The monoisotopic (exact) mass is 746 g/mol. The Morgan fingerprint density at radius 1 is 0.800 bits per heavy atom. The fourth-order valence-electron chi connectivity index (χ4n) is 8.57. The Kier molecular flexibility index (Phi) is 8.20. The molecule has 0 spiro atoms. The van der Waals surface area contributed by atoms with Crippen LogP contribution in [0.5, 0.6) is 11.5 Å².